The number of benzene rings is 3. The monoisotopic (exact) mass is 316 g/mol. The van der Waals surface area contributed by atoms with Crippen LogP contribution in [0.2, 0.25) is 0 Å². The molecule has 0 aliphatic rings. The highest BCUT2D eigenvalue weighted by Crippen LogP contribution is 2.20. The predicted molar refractivity (Wildman–Crippen MR) is 93.8 cm³/mol. The van der Waals surface area contributed by atoms with Crippen LogP contribution in [0.5, 0.6) is 5.75 Å². The highest BCUT2D eigenvalue weighted by molar-refractivity contribution is 5.92. The number of fused-ring (bicyclic) bond motifs is 1. The Morgan fingerprint density at radius 2 is 1.75 bits per heavy atom. The van der Waals surface area contributed by atoms with Gasteiger partial charge < -0.3 is 10.1 Å². The fourth-order valence-corrected chi connectivity index (χ4v) is 2.40. The van der Waals surface area contributed by atoms with Gasteiger partial charge in [0, 0.05) is 5.69 Å². The fraction of sp³-hybridized carbons (Fsp3) is 0.100. The molecule has 0 heterocycles. The van der Waals surface area contributed by atoms with Crippen molar-refractivity contribution in [3.05, 3.63) is 72.3 Å². The average molecular weight is 316 g/mol. The van der Waals surface area contributed by atoms with Crippen molar-refractivity contribution in [1.29, 1.82) is 5.26 Å². The molecule has 4 nitrogen and oxygen atoms in total. The molecule has 0 aliphatic heterocycles. The summed E-state index contributed by atoms with van der Waals surface area (Å²) in [4.78, 5) is 12.0. The molecule has 0 fully saturated rings. The zero-order chi connectivity index (χ0) is 16.8. The number of carbonyl (C=O) groups excluding carboxylic acids is 1. The summed E-state index contributed by atoms with van der Waals surface area (Å²) in [5, 5.41) is 13.6. The second kappa shape index (κ2) is 7.30. The number of rotatable bonds is 5. The maximum absolute atomic E-state index is 12.0. The molecule has 0 aromatic heterocycles. The first kappa shape index (κ1) is 15.6. The van der Waals surface area contributed by atoms with Crippen molar-refractivity contribution in [1.82, 2.24) is 0 Å². The molecule has 3 rings (SSSR count). The van der Waals surface area contributed by atoms with Crippen molar-refractivity contribution in [3.63, 3.8) is 0 Å². The third-order valence-electron chi connectivity index (χ3n) is 3.61. The van der Waals surface area contributed by atoms with Gasteiger partial charge >= 0.3 is 0 Å². The summed E-state index contributed by atoms with van der Waals surface area (Å²) in [6.45, 7) is -0.0573. The predicted octanol–water partition coefficient (Wildman–Crippen LogP) is 3.92. The van der Waals surface area contributed by atoms with Crippen LogP contribution >= 0.6 is 0 Å². The second-order valence-corrected chi connectivity index (χ2v) is 5.38. The van der Waals surface area contributed by atoms with Crippen molar-refractivity contribution < 1.29 is 9.53 Å². The molecule has 24 heavy (non-hydrogen) atoms. The number of ether oxygens (including phenoxy) is 1. The number of carbonyl (C=O) groups is 1. The Kier molecular flexibility index (Phi) is 4.73. The summed E-state index contributed by atoms with van der Waals surface area (Å²) in [5.41, 5.74) is 1.60. The first-order chi connectivity index (χ1) is 11.7. The van der Waals surface area contributed by atoms with Gasteiger partial charge in [0.15, 0.2) is 6.61 Å². The van der Waals surface area contributed by atoms with Gasteiger partial charge in [-0.15, -0.1) is 0 Å². The van der Waals surface area contributed by atoms with Crippen molar-refractivity contribution >= 4 is 22.4 Å². The van der Waals surface area contributed by atoms with Crippen molar-refractivity contribution in [3.8, 4) is 11.8 Å². The van der Waals surface area contributed by atoms with Gasteiger partial charge in [-0.05, 0) is 40.6 Å². The smallest absolute Gasteiger partial charge is 0.262 e. The molecular formula is C20H16N2O2. The van der Waals surface area contributed by atoms with Gasteiger partial charge in [0.25, 0.3) is 5.91 Å². The molecule has 0 unspecified atom stereocenters. The minimum Gasteiger partial charge on any atom is -0.484 e. The minimum absolute atomic E-state index is 0.0573. The number of nitrogens with zero attached hydrogens (tertiary/aromatic N) is 1. The van der Waals surface area contributed by atoms with E-state index in [1.807, 2.05) is 54.6 Å². The Hall–Kier alpha value is -3.32. The number of anilines is 1. The minimum atomic E-state index is -0.226. The van der Waals surface area contributed by atoms with Crippen LogP contribution < -0.4 is 10.1 Å². The Balaban J connectivity index is 1.57. The topological polar surface area (TPSA) is 62.1 Å². The van der Waals surface area contributed by atoms with Gasteiger partial charge in [-0.3, -0.25) is 4.79 Å². The molecule has 3 aromatic carbocycles. The van der Waals surface area contributed by atoms with Crippen molar-refractivity contribution in [2.24, 2.45) is 0 Å². The maximum atomic E-state index is 12.0. The molecule has 0 atom stereocenters. The van der Waals surface area contributed by atoms with Gasteiger partial charge in [0.2, 0.25) is 0 Å². The van der Waals surface area contributed by atoms with Gasteiger partial charge in [0.1, 0.15) is 5.75 Å². The van der Waals surface area contributed by atoms with E-state index in [1.54, 1.807) is 12.1 Å². The summed E-state index contributed by atoms with van der Waals surface area (Å²) in [6.07, 6.45) is 0.360. The van der Waals surface area contributed by atoms with Crippen LogP contribution in [0, 0.1) is 11.3 Å². The quantitative estimate of drug-likeness (QED) is 0.776. The SMILES string of the molecule is N#CCc1ccc(NC(=O)COc2ccc3ccccc3c2)cc1. The van der Waals surface area contributed by atoms with Crippen LogP contribution in [0.4, 0.5) is 5.69 Å². The maximum Gasteiger partial charge on any atom is 0.262 e. The van der Waals surface area contributed by atoms with Crippen molar-refractivity contribution in [2.75, 3.05) is 11.9 Å². The summed E-state index contributed by atoms with van der Waals surface area (Å²) >= 11 is 0. The van der Waals surface area contributed by atoms with E-state index >= 15 is 0 Å². The zero-order valence-electron chi connectivity index (χ0n) is 13.0. The van der Waals surface area contributed by atoms with Gasteiger partial charge in [0.05, 0.1) is 12.5 Å². The Bertz CT molecular complexity index is 895. The van der Waals surface area contributed by atoms with E-state index in [9.17, 15) is 4.79 Å². The molecular weight excluding hydrogens is 300 g/mol. The van der Waals surface area contributed by atoms with E-state index < -0.39 is 0 Å². The molecule has 1 N–H and O–H groups in total. The fourth-order valence-electron chi connectivity index (χ4n) is 2.40. The molecule has 0 aliphatic carbocycles. The Labute approximate surface area is 140 Å². The Morgan fingerprint density at radius 3 is 2.50 bits per heavy atom. The lowest BCUT2D eigenvalue weighted by Crippen LogP contribution is -2.20. The van der Waals surface area contributed by atoms with Gasteiger partial charge in [-0.2, -0.15) is 5.26 Å². The summed E-state index contributed by atoms with van der Waals surface area (Å²) in [7, 11) is 0. The third kappa shape index (κ3) is 3.90. The molecule has 0 bridgehead atoms. The molecule has 0 spiro atoms. The summed E-state index contributed by atoms with van der Waals surface area (Å²) in [6, 6.07) is 23.0. The van der Waals surface area contributed by atoms with Crippen LogP contribution in [-0.4, -0.2) is 12.5 Å². The van der Waals surface area contributed by atoms with E-state index in [1.165, 1.54) is 0 Å². The lowest BCUT2D eigenvalue weighted by atomic mass is 10.1. The average Bonchev–Trinajstić information content (AvgIpc) is 2.62. The van der Waals surface area contributed by atoms with Crippen LogP contribution in [-0.2, 0) is 11.2 Å². The van der Waals surface area contributed by atoms with Gasteiger partial charge in [-0.25, -0.2) is 0 Å². The number of amides is 1. The first-order valence-corrected chi connectivity index (χ1v) is 7.62. The standard InChI is InChI=1S/C20H16N2O2/c21-12-11-15-5-8-18(9-6-15)22-20(23)14-24-19-10-7-16-3-1-2-4-17(16)13-19/h1-10,13H,11,14H2,(H,22,23). The number of nitrogens with one attached hydrogen (secondary N) is 1. The zero-order valence-corrected chi connectivity index (χ0v) is 13.0. The molecule has 0 saturated heterocycles. The van der Waals surface area contributed by atoms with Crippen LogP contribution in [0.1, 0.15) is 5.56 Å². The van der Waals surface area contributed by atoms with E-state index in [0.717, 1.165) is 16.3 Å². The van der Waals surface area contributed by atoms with Gasteiger partial charge in [-0.1, -0.05) is 42.5 Å². The largest absolute Gasteiger partial charge is 0.484 e. The first-order valence-electron chi connectivity index (χ1n) is 7.62. The summed E-state index contributed by atoms with van der Waals surface area (Å²) < 4.78 is 5.56. The van der Waals surface area contributed by atoms with E-state index in [2.05, 4.69) is 11.4 Å². The van der Waals surface area contributed by atoms with Crippen molar-refractivity contribution in [2.45, 2.75) is 6.42 Å². The van der Waals surface area contributed by atoms with E-state index in [-0.39, 0.29) is 12.5 Å². The molecule has 4 heteroatoms. The normalized spacial score (nSPS) is 10.1. The van der Waals surface area contributed by atoms with E-state index in [4.69, 9.17) is 10.00 Å². The Morgan fingerprint density at radius 1 is 1.00 bits per heavy atom. The summed E-state index contributed by atoms with van der Waals surface area (Å²) in [5.74, 6) is 0.435. The lowest BCUT2D eigenvalue weighted by molar-refractivity contribution is -0.118. The van der Waals surface area contributed by atoms with Crippen LogP contribution in [0.15, 0.2) is 66.7 Å². The molecule has 3 aromatic rings. The van der Waals surface area contributed by atoms with E-state index in [0.29, 0.717) is 17.9 Å². The molecule has 1 amide bonds. The number of hydrogen-bond donors (Lipinski definition) is 1. The second-order valence-electron chi connectivity index (χ2n) is 5.38. The number of hydrogen-bond acceptors (Lipinski definition) is 3. The number of nitriles is 1. The highest BCUT2D eigenvalue weighted by Gasteiger charge is 2.04. The highest BCUT2D eigenvalue weighted by atomic mass is 16.5. The van der Waals surface area contributed by atoms with Crippen LogP contribution in [0.3, 0.4) is 0 Å². The molecule has 0 saturated carbocycles. The molecule has 118 valence electrons. The van der Waals surface area contributed by atoms with Crippen LogP contribution in [0.25, 0.3) is 10.8 Å². The third-order valence-corrected chi connectivity index (χ3v) is 3.61. The lowest BCUT2D eigenvalue weighted by Gasteiger charge is -2.08. The molecule has 0 radical (unpaired) electrons.